The van der Waals surface area contributed by atoms with Crippen LogP contribution in [0.1, 0.15) is 21.9 Å². The van der Waals surface area contributed by atoms with Crippen molar-refractivity contribution >= 4 is 17.3 Å². The summed E-state index contributed by atoms with van der Waals surface area (Å²) in [4.78, 5) is 12.5. The highest BCUT2D eigenvalue weighted by Crippen LogP contribution is 2.44. The molecule has 0 bridgehead atoms. The van der Waals surface area contributed by atoms with E-state index in [2.05, 4.69) is 53.8 Å². The topological polar surface area (TPSA) is 58.6 Å². The van der Waals surface area contributed by atoms with Crippen molar-refractivity contribution < 1.29 is 14.6 Å². The number of benzene rings is 2. The molecule has 0 spiro atoms. The van der Waals surface area contributed by atoms with Gasteiger partial charge < -0.3 is 9.84 Å². The van der Waals surface area contributed by atoms with Crippen molar-refractivity contribution in [2.75, 3.05) is 13.3 Å². The molecule has 2 aromatic carbocycles. The predicted octanol–water partition coefficient (Wildman–Crippen LogP) is 4.12. The first-order valence-corrected chi connectivity index (χ1v) is 9.86. The van der Waals surface area contributed by atoms with E-state index in [4.69, 9.17) is 4.74 Å². The van der Waals surface area contributed by atoms with Crippen LogP contribution in [-0.4, -0.2) is 30.5 Å². The summed E-state index contributed by atoms with van der Waals surface area (Å²) >= 11 is 1.57. The first-order chi connectivity index (χ1) is 13.2. The first kappa shape index (κ1) is 17.9. The van der Waals surface area contributed by atoms with Gasteiger partial charge in [-0.3, -0.25) is 10.1 Å². The molecule has 0 amide bonds. The SMILES string of the molecule is O=C(O)[C@@H](Cc1cccs1)NCOCC1c2ccccc2-c2ccccc21. The minimum Gasteiger partial charge on any atom is -0.480 e. The number of carboxylic acids is 1. The van der Waals surface area contributed by atoms with Crippen molar-refractivity contribution in [2.24, 2.45) is 0 Å². The highest BCUT2D eigenvalue weighted by atomic mass is 32.1. The van der Waals surface area contributed by atoms with Crippen molar-refractivity contribution in [1.82, 2.24) is 5.32 Å². The number of ether oxygens (including phenoxy) is 1. The summed E-state index contributed by atoms with van der Waals surface area (Å²) in [5.41, 5.74) is 5.06. The number of nitrogens with one attached hydrogen (secondary N) is 1. The second-order valence-electron chi connectivity index (χ2n) is 6.62. The molecule has 138 valence electrons. The molecule has 3 aromatic rings. The summed E-state index contributed by atoms with van der Waals surface area (Å²) < 4.78 is 5.86. The molecule has 1 aliphatic rings. The third-order valence-corrected chi connectivity index (χ3v) is 5.86. The van der Waals surface area contributed by atoms with Gasteiger partial charge in [0.2, 0.25) is 0 Å². The van der Waals surface area contributed by atoms with Crippen molar-refractivity contribution in [3.63, 3.8) is 0 Å². The predicted molar refractivity (Wildman–Crippen MR) is 107 cm³/mol. The Kier molecular flexibility index (Phi) is 5.34. The minimum absolute atomic E-state index is 0.180. The van der Waals surface area contributed by atoms with Gasteiger partial charge in [-0.1, -0.05) is 54.6 Å². The zero-order chi connectivity index (χ0) is 18.6. The number of hydrogen-bond donors (Lipinski definition) is 2. The number of carbonyl (C=O) groups is 1. The van der Waals surface area contributed by atoms with Gasteiger partial charge in [-0.25, -0.2) is 0 Å². The number of hydrogen-bond acceptors (Lipinski definition) is 4. The summed E-state index contributed by atoms with van der Waals surface area (Å²) in [5.74, 6) is -0.677. The van der Waals surface area contributed by atoms with Crippen LogP contribution in [-0.2, 0) is 16.0 Å². The van der Waals surface area contributed by atoms with Crippen LogP contribution in [0.2, 0.25) is 0 Å². The van der Waals surface area contributed by atoms with Gasteiger partial charge in [0.1, 0.15) is 6.04 Å². The fourth-order valence-corrected chi connectivity index (χ4v) is 4.40. The summed E-state index contributed by atoms with van der Waals surface area (Å²) in [5, 5.41) is 14.4. The molecule has 1 atom stereocenters. The average Bonchev–Trinajstić information content (AvgIpc) is 3.30. The molecule has 27 heavy (non-hydrogen) atoms. The van der Waals surface area contributed by atoms with Crippen LogP contribution >= 0.6 is 11.3 Å². The zero-order valence-electron chi connectivity index (χ0n) is 14.8. The smallest absolute Gasteiger partial charge is 0.321 e. The quantitative estimate of drug-likeness (QED) is 0.457. The molecule has 0 radical (unpaired) electrons. The molecule has 4 nitrogen and oxygen atoms in total. The molecule has 0 unspecified atom stereocenters. The third kappa shape index (κ3) is 3.81. The van der Waals surface area contributed by atoms with Gasteiger partial charge in [0.15, 0.2) is 0 Å². The van der Waals surface area contributed by atoms with Gasteiger partial charge in [-0.2, -0.15) is 0 Å². The van der Waals surface area contributed by atoms with E-state index in [0.717, 1.165) is 4.88 Å². The van der Waals surface area contributed by atoms with Crippen LogP contribution < -0.4 is 5.32 Å². The van der Waals surface area contributed by atoms with E-state index in [-0.39, 0.29) is 12.6 Å². The highest BCUT2D eigenvalue weighted by molar-refractivity contribution is 7.09. The lowest BCUT2D eigenvalue weighted by Crippen LogP contribution is -2.39. The maximum atomic E-state index is 11.5. The van der Waals surface area contributed by atoms with Crippen LogP contribution in [0.3, 0.4) is 0 Å². The van der Waals surface area contributed by atoms with Crippen LogP contribution in [0.4, 0.5) is 0 Å². The van der Waals surface area contributed by atoms with E-state index < -0.39 is 12.0 Å². The van der Waals surface area contributed by atoms with Crippen molar-refractivity contribution in [3.05, 3.63) is 82.0 Å². The van der Waals surface area contributed by atoms with Gasteiger partial charge in [0.05, 0.1) is 13.3 Å². The lowest BCUT2D eigenvalue weighted by Gasteiger charge is -2.17. The van der Waals surface area contributed by atoms with Crippen molar-refractivity contribution in [2.45, 2.75) is 18.4 Å². The Labute approximate surface area is 162 Å². The Morgan fingerprint density at radius 2 is 1.70 bits per heavy atom. The standard InChI is InChI=1S/C22H21NO3S/c24-22(25)21(12-15-6-5-11-27-15)23-14-26-13-20-18-9-3-1-7-16(18)17-8-2-4-10-19(17)20/h1-11,20-21,23H,12-14H2,(H,24,25)/t21-/m1/s1. The summed E-state index contributed by atoms with van der Waals surface area (Å²) in [6, 6.07) is 20.1. The second kappa shape index (κ2) is 8.05. The molecular formula is C22H21NO3S. The first-order valence-electron chi connectivity index (χ1n) is 8.98. The van der Waals surface area contributed by atoms with Gasteiger partial charge in [-0.05, 0) is 33.7 Å². The molecule has 1 aliphatic carbocycles. The number of carboxylic acid groups (broad SMARTS) is 1. The zero-order valence-corrected chi connectivity index (χ0v) is 15.6. The van der Waals surface area contributed by atoms with E-state index in [1.165, 1.54) is 22.3 Å². The summed E-state index contributed by atoms with van der Waals surface area (Å²) in [6.07, 6.45) is 0.464. The van der Waals surface area contributed by atoms with E-state index in [0.29, 0.717) is 13.0 Å². The molecule has 0 saturated heterocycles. The maximum absolute atomic E-state index is 11.5. The van der Waals surface area contributed by atoms with Crippen LogP contribution in [0.25, 0.3) is 11.1 Å². The minimum atomic E-state index is -0.858. The largest absolute Gasteiger partial charge is 0.480 e. The normalized spacial score (nSPS) is 13.9. The van der Waals surface area contributed by atoms with Crippen molar-refractivity contribution in [1.29, 1.82) is 0 Å². The van der Waals surface area contributed by atoms with Gasteiger partial charge in [0, 0.05) is 17.2 Å². The Hall–Kier alpha value is -2.47. The Balaban J connectivity index is 1.38. The number of rotatable bonds is 8. The monoisotopic (exact) mass is 379 g/mol. The lowest BCUT2D eigenvalue weighted by atomic mass is 9.98. The van der Waals surface area contributed by atoms with E-state index in [9.17, 15) is 9.90 Å². The van der Waals surface area contributed by atoms with E-state index >= 15 is 0 Å². The number of aliphatic carboxylic acids is 1. The highest BCUT2D eigenvalue weighted by Gasteiger charge is 2.28. The van der Waals surface area contributed by atoms with Crippen LogP contribution in [0.15, 0.2) is 66.0 Å². The van der Waals surface area contributed by atoms with Gasteiger partial charge in [0.25, 0.3) is 0 Å². The van der Waals surface area contributed by atoms with Crippen molar-refractivity contribution in [3.8, 4) is 11.1 Å². The molecule has 1 heterocycles. The molecule has 0 fully saturated rings. The lowest BCUT2D eigenvalue weighted by molar-refractivity contribution is -0.140. The molecule has 2 N–H and O–H groups in total. The fraction of sp³-hybridized carbons (Fsp3) is 0.227. The van der Waals surface area contributed by atoms with Gasteiger partial charge >= 0.3 is 5.97 Å². The molecule has 0 aliphatic heterocycles. The summed E-state index contributed by atoms with van der Waals surface area (Å²) in [6.45, 7) is 0.732. The molecule has 5 heteroatoms. The maximum Gasteiger partial charge on any atom is 0.321 e. The van der Waals surface area contributed by atoms with E-state index in [1.54, 1.807) is 11.3 Å². The number of fused-ring (bicyclic) bond motifs is 3. The summed E-state index contributed by atoms with van der Waals surface area (Å²) in [7, 11) is 0. The fourth-order valence-electron chi connectivity index (χ4n) is 3.65. The van der Waals surface area contributed by atoms with Crippen LogP contribution in [0.5, 0.6) is 0 Å². The Bertz CT molecular complexity index is 877. The number of thiophene rings is 1. The Morgan fingerprint density at radius 3 is 2.30 bits per heavy atom. The third-order valence-electron chi connectivity index (χ3n) is 4.96. The van der Waals surface area contributed by atoms with Crippen LogP contribution in [0, 0.1) is 0 Å². The van der Waals surface area contributed by atoms with E-state index in [1.807, 2.05) is 17.5 Å². The molecule has 4 rings (SSSR count). The average molecular weight is 379 g/mol. The van der Waals surface area contributed by atoms with Gasteiger partial charge in [-0.15, -0.1) is 11.3 Å². The Morgan fingerprint density at radius 1 is 1.04 bits per heavy atom. The second-order valence-corrected chi connectivity index (χ2v) is 7.65. The molecular weight excluding hydrogens is 358 g/mol. The molecule has 0 saturated carbocycles. The molecule has 1 aromatic heterocycles.